The number of benzene rings is 1. The fourth-order valence-corrected chi connectivity index (χ4v) is 2.76. The SMILES string of the molecule is Cc1ccc(-c2cnc3ccn(CC(=O)NC4CC4)c3c2)cc1. The van der Waals surface area contributed by atoms with E-state index in [1.54, 1.807) is 0 Å². The summed E-state index contributed by atoms with van der Waals surface area (Å²) in [6, 6.07) is 12.9. The van der Waals surface area contributed by atoms with Gasteiger partial charge in [-0.1, -0.05) is 29.8 Å². The summed E-state index contributed by atoms with van der Waals surface area (Å²) in [6.45, 7) is 2.42. The monoisotopic (exact) mass is 305 g/mol. The van der Waals surface area contributed by atoms with Gasteiger partial charge in [0.2, 0.25) is 5.91 Å². The average Bonchev–Trinajstić information content (AvgIpc) is 3.27. The van der Waals surface area contributed by atoms with Crippen LogP contribution < -0.4 is 5.32 Å². The van der Waals surface area contributed by atoms with Crippen molar-refractivity contribution in [1.82, 2.24) is 14.9 Å². The molecule has 1 aliphatic rings. The van der Waals surface area contributed by atoms with Gasteiger partial charge in [0.1, 0.15) is 6.54 Å². The normalized spacial score (nSPS) is 14.1. The molecule has 0 radical (unpaired) electrons. The maximum Gasteiger partial charge on any atom is 0.240 e. The van der Waals surface area contributed by atoms with Crippen LogP contribution in [0.15, 0.2) is 48.8 Å². The highest BCUT2D eigenvalue weighted by molar-refractivity contribution is 5.84. The number of nitrogens with zero attached hydrogens (tertiary/aromatic N) is 2. The highest BCUT2D eigenvalue weighted by Crippen LogP contribution is 2.24. The second-order valence-corrected chi connectivity index (χ2v) is 6.28. The van der Waals surface area contributed by atoms with Crippen LogP contribution in [0.4, 0.5) is 0 Å². The van der Waals surface area contributed by atoms with Crippen molar-refractivity contribution in [2.75, 3.05) is 0 Å². The molecule has 2 heterocycles. The molecular formula is C19H19N3O. The number of rotatable bonds is 4. The van der Waals surface area contributed by atoms with Crippen molar-refractivity contribution in [3.63, 3.8) is 0 Å². The van der Waals surface area contributed by atoms with Crippen LogP contribution in [-0.2, 0) is 11.3 Å². The van der Waals surface area contributed by atoms with Gasteiger partial charge in [0, 0.05) is 24.0 Å². The van der Waals surface area contributed by atoms with E-state index in [1.165, 1.54) is 5.56 Å². The van der Waals surface area contributed by atoms with Gasteiger partial charge < -0.3 is 9.88 Å². The molecular weight excluding hydrogens is 286 g/mol. The van der Waals surface area contributed by atoms with Crippen LogP contribution in [0.1, 0.15) is 18.4 Å². The molecule has 1 N–H and O–H groups in total. The molecule has 1 aliphatic carbocycles. The molecule has 0 atom stereocenters. The predicted octanol–water partition coefficient (Wildman–Crippen LogP) is 3.29. The highest BCUT2D eigenvalue weighted by Gasteiger charge is 2.23. The zero-order valence-electron chi connectivity index (χ0n) is 13.1. The molecule has 0 saturated heterocycles. The molecule has 0 bridgehead atoms. The molecule has 1 amide bonds. The molecule has 0 unspecified atom stereocenters. The van der Waals surface area contributed by atoms with Gasteiger partial charge in [-0.2, -0.15) is 0 Å². The molecule has 1 fully saturated rings. The molecule has 23 heavy (non-hydrogen) atoms. The van der Waals surface area contributed by atoms with Crippen molar-refractivity contribution in [3.8, 4) is 11.1 Å². The minimum absolute atomic E-state index is 0.0748. The van der Waals surface area contributed by atoms with Crippen LogP contribution in [0.5, 0.6) is 0 Å². The van der Waals surface area contributed by atoms with Gasteiger partial charge in [-0.15, -0.1) is 0 Å². The molecule has 4 rings (SSSR count). The number of aryl methyl sites for hydroxylation is 1. The third kappa shape index (κ3) is 2.97. The maximum atomic E-state index is 12.0. The quantitative estimate of drug-likeness (QED) is 0.804. The first-order valence-corrected chi connectivity index (χ1v) is 8.00. The van der Waals surface area contributed by atoms with E-state index in [0.29, 0.717) is 12.6 Å². The summed E-state index contributed by atoms with van der Waals surface area (Å²) in [6.07, 6.45) is 6.04. The summed E-state index contributed by atoms with van der Waals surface area (Å²) in [5.74, 6) is 0.0748. The van der Waals surface area contributed by atoms with Gasteiger partial charge in [-0.3, -0.25) is 9.78 Å². The highest BCUT2D eigenvalue weighted by atomic mass is 16.2. The molecule has 1 saturated carbocycles. The number of carbonyl (C=O) groups is 1. The number of fused-ring (bicyclic) bond motifs is 1. The molecule has 0 aliphatic heterocycles. The standard InChI is InChI=1S/C19H19N3O/c1-13-2-4-14(5-3-13)15-10-18-17(20-11-15)8-9-22(18)12-19(23)21-16-6-7-16/h2-5,8-11,16H,6-7,12H2,1H3,(H,21,23). The third-order valence-electron chi connectivity index (χ3n) is 4.26. The first-order chi connectivity index (χ1) is 11.2. The largest absolute Gasteiger partial charge is 0.352 e. The number of hydrogen-bond donors (Lipinski definition) is 1. The van der Waals surface area contributed by atoms with E-state index in [-0.39, 0.29) is 5.91 Å². The number of carbonyl (C=O) groups excluding carboxylic acids is 1. The number of amides is 1. The Morgan fingerprint density at radius 3 is 2.74 bits per heavy atom. The van der Waals surface area contributed by atoms with Crippen LogP contribution in [0.3, 0.4) is 0 Å². The Balaban J connectivity index is 1.65. The number of aromatic nitrogens is 2. The van der Waals surface area contributed by atoms with Crippen LogP contribution in [0, 0.1) is 6.92 Å². The van der Waals surface area contributed by atoms with Gasteiger partial charge in [-0.05, 0) is 37.5 Å². The Morgan fingerprint density at radius 2 is 2.00 bits per heavy atom. The minimum atomic E-state index is 0.0748. The van der Waals surface area contributed by atoms with Crippen LogP contribution in [-0.4, -0.2) is 21.5 Å². The lowest BCUT2D eigenvalue weighted by Crippen LogP contribution is -2.29. The van der Waals surface area contributed by atoms with Crippen molar-refractivity contribution in [3.05, 3.63) is 54.4 Å². The predicted molar refractivity (Wildman–Crippen MR) is 91.1 cm³/mol. The van der Waals surface area contributed by atoms with Crippen LogP contribution >= 0.6 is 0 Å². The fraction of sp³-hybridized carbons (Fsp3) is 0.263. The average molecular weight is 305 g/mol. The number of hydrogen-bond acceptors (Lipinski definition) is 2. The second-order valence-electron chi connectivity index (χ2n) is 6.28. The van der Waals surface area contributed by atoms with E-state index in [4.69, 9.17) is 0 Å². The summed E-state index contributed by atoms with van der Waals surface area (Å²) >= 11 is 0. The smallest absolute Gasteiger partial charge is 0.240 e. The van der Waals surface area contributed by atoms with E-state index in [9.17, 15) is 4.79 Å². The summed E-state index contributed by atoms with van der Waals surface area (Å²) < 4.78 is 1.97. The Hall–Kier alpha value is -2.62. The first-order valence-electron chi connectivity index (χ1n) is 8.00. The fourth-order valence-electron chi connectivity index (χ4n) is 2.76. The van der Waals surface area contributed by atoms with Crippen molar-refractivity contribution in [2.24, 2.45) is 0 Å². The summed E-state index contributed by atoms with van der Waals surface area (Å²) in [4.78, 5) is 16.6. The molecule has 2 aromatic heterocycles. The van der Waals surface area contributed by atoms with Gasteiger partial charge in [0.25, 0.3) is 0 Å². The Labute approximate surface area is 135 Å². The number of nitrogens with one attached hydrogen (secondary N) is 1. The summed E-state index contributed by atoms with van der Waals surface area (Å²) in [5, 5.41) is 3.03. The van der Waals surface area contributed by atoms with Crippen molar-refractivity contribution in [1.29, 1.82) is 0 Å². The molecule has 3 aromatic rings. The van der Waals surface area contributed by atoms with Crippen LogP contribution in [0.2, 0.25) is 0 Å². The molecule has 4 nitrogen and oxygen atoms in total. The summed E-state index contributed by atoms with van der Waals surface area (Å²) in [5.41, 5.74) is 5.36. The lowest BCUT2D eigenvalue weighted by molar-refractivity contribution is -0.121. The van der Waals surface area contributed by atoms with Gasteiger partial charge in [0.05, 0.1) is 11.0 Å². The second kappa shape index (κ2) is 5.54. The lowest BCUT2D eigenvalue weighted by atomic mass is 10.1. The van der Waals surface area contributed by atoms with E-state index in [1.807, 2.05) is 23.0 Å². The molecule has 4 heteroatoms. The maximum absolute atomic E-state index is 12.0. The van der Waals surface area contributed by atoms with E-state index in [2.05, 4.69) is 47.6 Å². The third-order valence-corrected chi connectivity index (χ3v) is 4.26. The van der Waals surface area contributed by atoms with E-state index in [0.717, 1.165) is 35.0 Å². The zero-order chi connectivity index (χ0) is 15.8. The van der Waals surface area contributed by atoms with E-state index >= 15 is 0 Å². The molecule has 1 aromatic carbocycles. The van der Waals surface area contributed by atoms with Gasteiger partial charge >= 0.3 is 0 Å². The summed E-state index contributed by atoms with van der Waals surface area (Å²) in [7, 11) is 0. The Morgan fingerprint density at radius 1 is 1.22 bits per heavy atom. The van der Waals surface area contributed by atoms with Crippen molar-refractivity contribution < 1.29 is 4.79 Å². The zero-order valence-corrected chi connectivity index (χ0v) is 13.1. The lowest BCUT2D eigenvalue weighted by Gasteiger charge is -2.08. The van der Waals surface area contributed by atoms with Gasteiger partial charge in [0.15, 0.2) is 0 Å². The van der Waals surface area contributed by atoms with Crippen molar-refractivity contribution >= 4 is 16.9 Å². The van der Waals surface area contributed by atoms with E-state index < -0.39 is 0 Å². The Kier molecular flexibility index (Phi) is 3.37. The number of pyridine rings is 1. The minimum Gasteiger partial charge on any atom is -0.352 e. The Bertz CT molecular complexity index is 860. The van der Waals surface area contributed by atoms with Crippen LogP contribution in [0.25, 0.3) is 22.2 Å². The first kappa shape index (κ1) is 14.0. The topological polar surface area (TPSA) is 46.9 Å². The molecule has 116 valence electrons. The van der Waals surface area contributed by atoms with Crippen molar-refractivity contribution in [2.45, 2.75) is 32.4 Å². The molecule has 0 spiro atoms. The van der Waals surface area contributed by atoms with Gasteiger partial charge in [-0.25, -0.2) is 0 Å².